The topological polar surface area (TPSA) is 72.4 Å². The van der Waals surface area contributed by atoms with Gasteiger partial charge in [-0.05, 0) is 11.4 Å². The number of aromatic nitrogens is 1. The van der Waals surface area contributed by atoms with Crippen LogP contribution in [0.25, 0.3) is 0 Å². The molecule has 1 aliphatic rings. The lowest BCUT2D eigenvalue weighted by molar-refractivity contribution is 0.0733. The molecule has 6 heteroatoms. The molecule has 0 aliphatic carbocycles. The lowest BCUT2D eigenvalue weighted by atomic mass is 10.1. The van der Waals surface area contributed by atoms with Crippen LogP contribution in [-0.4, -0.2) is 22.3 Å². The van der Waals surface area contributed by atoms with Gasteiger partial charge >= 0.3 is 0 Å². The molecule has 0 aromatic carbocycles. The van der Waals surface area contributed by atoms with E-state index in [1.165, 1.54) is 11.3 Å². The molecule has 0 atom stereocenters. The molecule has 3 heterocycles. The second-order valence-electron chi connectivity index (χ2n) is 3.88. The van der Waals surface area contributed by atoms with Crippen molar-refractivity contribution in [3.63, 3.8) is 0 Å². The molecule has 0 saturated heterocycles. The maximum Gasteiger partial charge on any atom is 0.292 e. The van der Waals surface area contributed by atoms with Crippen molar-refractivity contribution in [1.29, 1.82) is 0 Å². The van der Waals surface area contributed by atoms with Gasteiger partial charge in [-0.2, -0.15) is 4.98 Å². The zero-order chi connectivity index (χ0) is 11.8. The summed E-state index contributed by atoms with van der Waals surface area (Å²) >= 11 is 1.45. The highest BCUT2D eigenvalue weighted by atomic mass is 32.1. The summed E-state index contributed by atoms with van der Waals surface area (Å²) in [6.07, 6.45) is 0.677. The van der Waals surface area contributed by atoms with Gasteiger partial charge in [0.1, 0.15) is 11.5 Å². The van der Waals surface area contributed by atoms with E-state index in [0.29, 0.717) is 19.5 Å². The Hall–Kier alpha value is -1.82. The maximum absolute atomic E-state index is 12.1. The van der Waals surface area contributed by atoms with Crippen LogP contribution in [0.15, 0.2) is 21.9 Å². The number of hydrogen-bond acceptors (Lipinski definition) is 5. The largest absolute Gasteiger partial charge is 0.428 e. The van der Waals surface area contributed by atoms with Crippen molar-refractivity contribution in [3.05, 3.63) is 33.8 Å². The fourth-order valence-corrected chi connectivity index (χ4v) is 2.64. The summed E-state index contributed by atoms with van der Waals surface area (Å²) in [5, 5.41) is 1.90. The fourth-order valence-electron chi connectivity index (χ4n) is 1.95. The number of carbonyl (C=O) groups is 1. The average molecular weight is 249 g/mol. The molecule has 2 aromatic rings. The van der Waals surface area contributed by atoms with Crippen LogP contribution < -0.4 is 5.73 Å². The Labute approximate surface area is 102 Å². The number of rotatable bonds is 1. The molecular weight excluding hydrogens is 238 g/mol. The van der Waals surface area contributed by atoms with Gasteiger partial charge in [-0.15, -0.1) is 11.3 Å². The van der Waals surface area contributed by atoms with Crippen LogP contribution in [0.5, 0.6) is 0 Å². The molecule has 1 aliphatic heterocycles. The molecular formula is C11H11N3O2S. The number of fused-ring (bicyclic) bond motifs is 1. The SMILES string of the molecule is Nc1nc2c(o1)CCN(C(=O)c1cccs1)C2. The van der Waals surface area contributed by atoms with Gasteiger partial charge in [0.25, 0.3) is 11.9 Å². The third-order valence-corrected chi connectivity index (χ3v) is 3.62. The Morgan fingerprint density at radius 2 is 2.47 bits per heavy atom. The molecule has 0 saturated carbocycles. The van der Waals surface area contributed by atoms with Gasteiger partial charge < -0.3 is 15.1 Å². The Morgan fingerprint density at radius 3 is 3.24 bits per heavy atom. The summed E-state index contributed by atoms with van der Waals surface area (Å²) < 4.78 is 5.26. The first-order valence-corrected chi connectivity index (χ1v) is 6.19. The minimum Gasteiger partial charge on any atom is -0.428 e. The number of nitrogens with two attached hydrogens (primary N) is 1. The van der Waals surface area contributed by atoms with Crippen molar-refractivity contribution in [2.75, 3.05) is 12.3 Å². The minimum absolute atomic E-state index is 0.0484. The Morgan fingerprint density at radius 1 is 1.59 bits per heavy atom. The summed E-state index contributed by atoms with van der Waals surface area (Å²) in [5.41, 5.74) is 6.27. The number of nitrogens with zero attached hydrogens (tertiary/aromatic N) is 2. The molecule has 3 rings (SSSR count). The Bertz CT molecular complexity index is 547. The van der Waals surface area contributed by atoms with E-state index in [9.17, 15) is 4.79 Å². The second-order valence-corrected chi connectivity index (χ2v) is 4.82. The van der Waals surface area contributed by atoms with Crippen LogP contribution in [0.3, 0.4) is 0 Å². The smallest absolute Gasteiger partial charge is 0.292 e. The quantitative estimate of drug-likeness (QED) is 0.831. The number of oxazole rings is 1. The lowest BCUT2D eigenvalue weighted by Gasteiger charge is -2.24. The second kappa shape index (κ2) is 3.89. The van der Waals surface area contributed by atoms with E-state index < -0.39 is 0 Å². The highest BCUT2D eigenvalue weighted by Gasteiger charge is 2.25. The average Bonchev–Trinajstić information content (AvgIpc) is 2.94. The van der Waals surface area contributed by atoms with E-state index in [4.69, 9.17) is 10.2 Å². The van der Waals surface area contributed by atoms with E-state index in [0.717, 1.165) is 16.3 Å². The van der Waals surface area contributed by atoms with Crippen molar-refractivity contribution in [3.8, 4) is 0 Å². The lowest BCUT2D eigenvalue weighted by Crippen LogP contribution is -2.35. The van der Waals surface area contributed by atoms with Crippen LogP contribution in [-0.2, 0) is 13.0 Å². The summed E-state index contributed by atoms with van der Waals surface area (Å²) in [6, 6.07) is 3.89. The molecule has 0 radical (unpaired) electrons. The van der Waals surface area contributed by atoms with Crippen LogP contribution in [0.4, 0.5) is 6.01 Å². The number of amides is 1. The zero-order valence-corrected chi connectivity index (χ0v) is 9.87. The van der Waals surface area contributed by atoms with Gasteiger partial charge in [0, 0.05) is 13.0 Å². The number of anilines is 1. The highest BCUT2D eigenvalue weighted by molar-refractivity contribution is 7.12. The molecule has 5 nitrogen and oxygen atoms in total. The van der Waals surface area contributed by atoms with E-state index in [2.05, 4.69) is 4.98 Å². The van der Waals surface area contributed by atoms with Gasteiger partial charge in [-0.25, -0.2) is 0 Å². The molecule has 2 N–H and O–H groups in total. The van der Waals surface area contributed by atoms with Crippen LogP contribution in [0.1, 0.15) is 21.1 Å². The molecule has 2 aromatic heterocycles. The zero-order valence-electron chi connectivity index (χ0n) is 9.05. The molecule has 17 heavy (non-hydrogen) atoms. The summed E-state index contributed by atoms with van der Waals surface area (Å²) in [4.78, 5) is 18.7. The monoisotopic (exact) mass is 249 g/mol. The molecule has 0 bridgehead atoms. The van der Waals surface area contributed by atoms with Crippen LogP contribution >= 0.6 is 11.3 Å². The standard InChI is InChI=1S/C11H11N3O2S/c12-11-13-7-6-14(4-3-8(7)16-11)10(15)9-2-1-5-17-9/h1-2,5H,3-4,6H2,(H2,12,13). The molecule has 88 valence electrons. The highest BCUT2D eigenvalue weighted by Crippen LogP contribution is 2.23. The Kier molecular flexibility index (Phi) is 2.36. The Balaban J connectivity index is 1.82. The molecule has 0 fully saturated rings. The van der Waals surface area contributed by atoms with Gasteiger partial charge in [-0.3, -0.25) is 4.79 Å². The van der Waals surface area contributed by atoms with Gasteiger partial charge in [0.15, 0.2) is 0 Å². The first-order valence-electron chi connectivity index (χ1n) is 5.31. The van der Waals surface area contributed by atoms with E-state index in [1.54, 1.807) is 4.90 Å². The van der Waals surface area contributed by atoms with Crippen molar-refractivity contribution in [2.45, 2.75) is 13.0 Å². The summed E-state index contributed by atoms with van der Waals surface area (Å²) in [7, 11) is 0. The van der Waals surface area contributed by atoms with E-state index >= 15 is 0 Å². The van der Waals surface area contributed by atoms with Gasteiger partial charge in [0.2, 0.25) is 0 Å². The van der Waals surface area contributed by atoms with E-state index in [1.807, 2.05) is 17.5 Å². The van der Waals surface area contributed by atoms with Crippen molar-refractivity contribution in [1.82, 2.24) is 9.88 Å². The normalized spacial score (nSPS) is 14.7. The van der Waals surface area contributed by atoms with Crippen molar-refractivity contribution >= 4 is 23.3 Å². The van der Waals surface area contributed by atoms with Crippen molar-refractivity contribution in [2.24, 2.45) is 0 Å². The third-order valence-electron chi connectivity index (χ3n) is 2.76. The number of thiophene rings is 1. The summed E-state index contributed by atoms with van der Waals surface area (Å²) in [6.45, 7) is 1.13. The first-order chi connectivity index (χ1) is 8.24. The van der Waals surface area contributed by atoms with Crippen LogP contribution in [0, 0.1) is 0 Å². The predicted molar refractivity (Wildman–Crippen MR) is 63.7 cm³/mol. The number of carbonyl (C=O) groups excluding carboxylic acids is 1. The molecule has 0 unspecified atom stereocenters. The van der Waals surface area contributed by atoms with Crippen LogP contribution in [0.2, 0.25) is 0 Å². The number of nitrogen functional groups attached to an aromatic ring is 1. The van der Waals surface area contributed by atoms with Crippen molar-refractivity contribution < 1.29 is 9.21 Å². The van der Waals surface area contributed by atoms with Gasteiger partial charge in [-0.1, -0.05) is 6.07 Å². The minimum atomic E-state index is 0.0484. The molecule has 0 spiro atoms. The maximum atomic E-state index is 12.1. The van der Waals surface area contributed by atoms with E-state index in [-0.39, 0.29) is 11.9 Å². The third kappa shape index (κ3) is 1.80. The summed E-state index contributed by atoms with van der Waals surface area (Å²) in [5.74, 6) is 0.852. The van der Waals surface area contributed by atoms with Gasteiger partial charge in [0.05, 0.1) is 11.4 Å². The molecule has 1 amide bonds. The first kappa shape index (κ1) is 10.3. The number of hydrogen-bond donors (Lipinski definition) is 1. The predicted octanol–water partition coefficient (Wildman–Crippen LogP) is 1.52. The fraction of sp³-hybridized carbons (Fsp3) is 0.273.